The molecule has 0 saturated carbocycles. The molecular weight excluding hydrogens is 524 g/mol. The molecule has 208 valence electrons. The zero-order valence-corrected chi connectivity index (χ0v) is 22.0. The summed E-state index contributed by atoms with van der Waals surface area (Å²) in [6, 6.07) is 15.5. The second kappa shape index (κ2) is 12.8. The minimum absolute atomic E-state index is 0.122. The number of carboxylic acids is 1. The van der Waals surface area contributed by atoms with Crippen molar-refractivity contribution in [3.8, 4) is 11.1 Å². The number of nitrogens with zero attached hydrogens (tertiary/aromatic N) is 1. The summed E-state index contributed by atoms with van der Waals surface area (Å²) in [5, 5.41) is 15.7. The first-order valence-electron chi connectivity index (χ1n) is 12.7. The molecule has 3 aromatic rings. The highest BCUT2D eigenvalue weighted by Gasteiger charge is 2.45. The number of carboxylic acid groups (broad SMARTS) is 1. The number of amides is 1. The Morgan fingerprint density at radius 1 is 1.05 bits per heavy atom. The summed E-state index contributed by atoms with van der Waals surface area (Å²) in [5.74, 6) is -1.61. The number of hydrogen-bond acceptors (Lipinski definition) is 8. The van der Waals surface area contributed by atoms with Gasteiger partial charge in [0.25, 0.3) is 5.91 Å². The van der Waals surface area contributed by atoms with E-state index in [0.29, 0.717) is 44.7 Å². The Morgan fingerprint density at radius 2 is 1.79 bits per heavy atom. The maximum absolute atomic E-state index is 13.4. The molecule has 1 aliphatic rings. The fourth-order valence-corrected chi connectivity index (χ4v) is 5.54. The lowest BCUT2D eigenvalue weighted by Gasteiger charge is -2.32. The molecule has 1 aliphatic heterocycles. The molecule has 12 nitrogen and oxygen atoms in total. The van der Waals surface area contributed by atoms with E-state index in [1.165, 1.54) is 12.1 Å². The number of sulfonamides is 1. The molecule has 39 heavy (non-hydrogen) atoms. The van der Waals surface area contributed by atoms with Crippen LogP contribution in [-0.4, -0.2) is 60.2 Å². The zero-order valence-electron chi connectivity index (χ0n) is 21.2. The van der Waals surface area contributed by atoms with Gasteiger partial charge in [-0.1, -0.05) is 48.9 Å². The molecule has 2 unspecified atom stereocenters. The van der Waals surface area contributed by atoms with Crippen molar-refractivity contribution in [1.29, 1.82) is 0 Å². The lowest BCUT2D eigenvalue weighted by Crippen LogP contribution is -2.66. The molecule has 1 aromatic heterocycles. The van der Waals surface area contributed by atoms with E-state index in [4.69, 9.17) is 4.84 Å². The van der Waals surface area contributed by atoms with Crippen LogP contribution in [0.3, 0.4) is 0 Å². The highest BCUT2D eigenvalue weighted by molar-refractivity contribution is 7.89. The van der Waals surface area contributed by atoms with Crippen molar-refractivity contribution in [1.82, 2.24) is 25.5 Å². The molecule has 6 N–H and O–H groups in total. The van der Waals surface area contributed by atoms with Gasteiger partial charge in [-0.3, -0.25) is 9.63 Å². The highest BCUT2D eigenvalue weighted by atomic mass is 32.2. The summed E-state index contributed by atoms with van der Waals surface area (Å²) < 4.78 is 29.0. The highest BCUT2D eigenvalue weighted by Crippen LogP contribution is 2.23. The van der Waals surface area contributed by atoms with Crippen LogP contribution in [0.15, 0.2) is 71.9 Å². The van der Waals surface area contributed by atoms with Gasteiger partial charge in [-0.25, -0.2) is 23.7 Å². The van der Waals surface area contributed by atoms with Gasteiger partial charge in [0.1, 0.15) is 0 Å². The van der Waals surface area contributed by atoms with Crippen molar-refractivity contribution < 1.29 is 28.0 Å². The van der Waals surface area contributed by atoms with E-state index in [1.54, 1.807) is 24.5 Å². The summed E-state index contributed by atoms with van der Waals surface area (Å²) in [6.07, 6.45) is 4.11. The van der Waals surface area contributed by atoms with Crippen LogP contribution < -0.4 is 20.8 Å². The predicted molar refractivity (Wildman–Crippen MR) is 144 cm³/mol. The number of imidazole rings is 1. The molecule has 1 fully saturated rings. The second-order valence-corrected chi connectivity index (χ2v) is 10.8. The van der Waals surface area contributed by atoms with Crippen LogP contribution in [-0.2, 0) is 24.4 Å². The smallest absolute Gasteiger partial charge is 0.345 e. The van der Waals surface area contributed by atoms with E-state index in [9.17, 15) is 23.1 Å². The fraction of sp³-hybridized carbons (Fsp3) is 0.346. The van der Waals surface area contributed by atoms with Gasteiger partial charge in [0.15, 0.2) is 12.1 Å². The largest absolute Gasteiger partial charge is 0.478 e. The standard InChI is InChI=1S/C26H32N6O6S/c33-23(22-13-16-30-38-22)31-26(24(34)35,14-5-2-6-15-27-25-28-17-18-29-25)32-39(36,37)21-11-9-20(10-12-21)19-7-3-1-4-8-19/h1,3-4,7-12,17-18,22,30,32H,2,5-6,13-16H2,(H,31,33)(H,34,35)(H2,27,28,29). The molecule has 1 amide bonds. The Kier molecular flexibility index (Phi) is 9.30. The van der Waals surface area contributed by atoms with Crippen LogP contribution in [0.25, 0.3) is 11.1 Å². The number of carbonyl (C=O) groups excluding carboxylic acids is 1. The molecule has 0 bridgehead atoms. The number of hydroxylamine groups is 1. The molecule has 2 atom stereocenters. The lowest BCUT2D eigenvalue weighted by atomic mass is 10.0. The van der Waals surface area contributed by atoms with E-state index in [2.05, 4.69) is 30.8 Å². The van der Waals surface area contributed by atoms with Crippen molar-refractivity contribution in [2.45, 2.75) is 48.8 Å². The van der Waals surface area contributed by atoms with Gasteiger partial charge in [0.05, 0.1) is 4.90 Å². The topological polar surface area (TPSA) is 175 Å². The predicted octanol–water partition coefficient (Wildman–Crippen LogP) is 2.22. The van der Waals surface area contributed by atoms with Crippen molar-refractivity contribution in [3.05, 3.63) is 67.0 Å². The maximum Gasteiger partial charge on any atom is 0.345 e. The van der Waals surface area contributed by atoms with E-state index in [0.717, 1.165) is 11.1 Å². The van der Waals surface area contributed by atoms with E-state index >= 15 is 0 Å². The Bertz CT molecular complexity index is 1330. The molecule has 13 heteroatoms. The molecular formula is C26H32N6O6S. The number of unbranched alkanes of at least 4 members (excludes halogenated alkanes) is 2. The maximum atomic E-state index is 13.4. The minimum atomic E-state index is -4.33. The third kappa shape index (κ3) is 7.41. The van der Waals surface area contributed by atoms with Crippen molar-refractivity contribution in [2.75, 3.05) is 18.4 Å². The summed E-state index contributed by atoms with van der Waals surface area (Å²) in [4.78, 5) is 37.5. The molecule has 2 heterocycles. The average molecular weight is 557 g/mol. The Morgan fingerprint density at radius 3 is 2.44 bits per heavy atom. The molecule has 0 aliphatic carbocycles. The average Bonchev–Trinajstić information content (AvgIpc) is 3.66. The fourth-order valence-electron chi connectivity index (χ4n) is 4.23. The van der Waals surface area contributed by atoms with E-state index in [1.807, 2.05) is 30.3 Å². The number of nitrogens with one attached hydrogen (secondary N) is 5. The van der Waals surface area contributed by atoms with Gasteiger partial charge >= 0.3 is 5.97 Å². The number of carbonyl (C=O) groups is 2. The third-order valence-corrected chi connectivity index (χ3v) is 7.84. The monoisotopic (exact) mass is 556 g/mol. The van der Waals surface area contributed by atoms with Crippen LogP contribution in [0, 0.1) is 0 Å². The number of aliphatic carboxylic acids is 1. The van der Waals surface area contributed by atoms with Gasteiger partial charge < -0.3 is 20.7 Å². The summed E-state index contributed by atoms with van der Waals surface area (Å²) in [6.45, 7) is 1.00. The number of anilines is 1. The zero-order chi connectivity index (χ0) is 27.7. The Labute approximate surface area is 226 Å². The molecule has 4 rings (SSSR count). The first-order chi connectivity index (χ1) is 18.8. The third-order valence-electron chi connectivity index (χ3n) is 6.33. The number of rotatable bonds is 14. The first kappa shape index (κ1) is 28.2. The molecule has 1 saturated heterocycles. The molecule has 2 aromatic carbocycles. The van der Waals surface area contributed by atoms with Gasteiger partial charge in [0.2, 0.25) is 15.7 Å². The Balaban J connectivity index is 1.48. The van der Waals surface area contributed by atoms with E-state index in [-0.39, 0.29) is 11.3 Å². The van der Waals surface area contributed by atoms with Crippen LogP contribution in [0.2, 0.25) is 0 Å². The quantitative estimate of drug-likeness (QED) is 0.128. The SMILES string of the molecule is O=C(NC(CCCCCNc1ncc[nH]1)(NS(=O)(=O)c1ccc(-c2ccccc2)cc1)C(=O)O)C1CCNO1. The number of aromatic amines is 1. The van der Waals surface area contributed by atoms with Crippen LogP contribution >= 0.6 is 0 Å². The Hall–Kier alpha value is -3.78. The number of aromatic nitrogens is 2. The summed E-state index contributed by atoms with van der Waals surface area (Å²) in [5.41, 5.74) is 2.03. The lowest BCUT2D eigenvalue weighted by molar-refractivity contribution is -0.151. The van der Waals surface area contributed by atoms with Crippen molar-refractivity contribution >= 4 is 27.8 Å². The number of H-pyrrole nitrogens is 1. The van der Waals surface area contributed by atoms with Crippen LogP contribution in [0.4, 0.5) is 5.95 Å². The number of hydrogen-bond donors (Lipinski definition) is 6. The van der Waals surface area contributed by atoms with Crippen molar-refractivity contribution in [3.63, 3.8) is 0 Å². The normalized spacial score (nSPS) is 16.9. The minimum Gasteiger partial charge on any atom is -0.478 e. The van der Waals surface area contributed by atoms with Crippen LogP contribution in [0.5, 0.6) is 0 Å². The van der Waals surface area contributed by atoms with Crippen molar-refractivity contribution in [2.24, 2.45) is 0 Å². The van der Waals surface area contributed by atoms with Gasteiger partial charge in [0, 0.05) is 25.5 Å². The van der Waals surface area contributed by atoms with E-state index < -0.39 is 33.7 Å². The van der Waals surface area contributed by atoms with Gasteiger partial charge in [-0.15, -0.1) is 0 Å². The number of benzene rings is 2. The van der Waals surface area contributed by atoms with Gasteiger partial charge in [-0.05, 0) is 48.9 Å². The summed E-state index contributed by atoms with van der Waals surface area (Å²) in [7, 11) is -4.33. The summed E-state index contributed by atoms with van der Waals surface area (Å²) >= 11 is 0. The molecule has 0 radical (unpaired) electrons. The first-order valence-corrected chi connectivity index (χ1v) is 14.1. The second-order valence-electron chi connectivity index (χ2n) is 9.16. The molecule has 0 spiro atoms. The van der Waals surface area contributed by atoms with Crippen LogP contribution in [0.1, 0.15) is 32.1 Å². The van der Waals surface area contributed by atoms with Gasteiger partial charge in [-0.2, -0.15) is 4.72 Å².